The molecule has 0 aliphatic carbocycles. The van der Waals surface area contributed by atoms with Gasteiger partial charge in [0.1, 0.15) is 5.82 Å². The van der Waals surface area contributed by atoms with E-state index in [9.17, 15) is 10.1 Å². The van der Waals surface area contributed by atoms with Crippen LogP contribution in [-0.4, -0.2) is 28.6 Å². The van der Waals surface area contributed by atoms with E-state index < -0.39 is 4.92 Å². The summed E-state index contributed by atoms with van der Waals surface area (Å²) in [5, 5.41) is 11.4. The third-order valence-corrected chi connectivity index (χ3v) is 3.54. The predicted octanol–water partition coefficient (Wildman–Crippen LogP) is 3.13. The Morgan fingerprint density at radius 2 is 2.08 bits per heavy atom. The van der Waals surface area contributed by atoms with E-state index >= 15 is 0 Å². The lowest BCUT2D eigenvalue weighted by molar-refractivity contribution is -0.384. The van der Waals surface area contributed by atoms with E-state index in [1.165, 1.54) is 13.2 Å². The number of aromatic amines is 1. The molecule has 3 aromatic rings. The lowest BCUT2D eigenvalue weighted by atomic mass is 10.1. The molecule has 0 radical (unpaired) electrons. The Morgan fingerprint density at radius 1 is 1.29 bits per heavy atom. The van der Waals surface area contributed by atoms with Crippen molar-refractivity contribution < 1.29 is 14.4 Å². The van der Waals surface area contributed by atoms with Crippen molar-refractivity contribution in [2.24, 2.45) is 0 Å². The topological polar surface area (TPSA) is 116 Å². The number of ether oxygens (including phenoxy) is 2. The van der Waals surface area contributed by atoms with Crippen LogP contribution in [0.2, 0.25) is 0 Å². The molecule has 0 aliphatic heterocycles. The zero-order valence-corrected chi connectivity index (χ0v) is 13.2. The van der Waals surface area contributed by atoms with Crippen molar-refractivity contribution in [2.45, 2.75) is 6.92 Å². The van der Waals surface area contributed by atoms with Gasteiger partial charge in [-0.15, -0.1) is 0 Å². The van der Waals surface area contributed by atoms with Crippen molar-refractivity contribution in [2.75, 3.05) is 19.5 Å². The second-order valence-electron chi connectivity index (χ2n) is 5.07. The van der Waals surface area contributed by atoms with Crippen LogP contribution < -0.4 is 15.2 Å². The van der Waals surface area contributed by atoms with Gasteiger partial charge in [-0.3, -0.25) is 10.1 Å². The number of aromatic nitrogens is 2. The van der Waals surface area contributed by atoms with Gasteiger partial charge in [-0.05, 0) is 25.1 Å². The first kappa shape index (κ1) is 15.6. The van der Waals surface area contributed by atoms with E-state index in [-0.39, 0.29) is 5.69 Å². The molecule has 0 saturated carbocycles. The van der Waals surface area contributed by atoms with Crippen molar-refractivity contribution in [3.8, 4) is 22.9 Å². The molecule has 1 heterocycles. The average Bonchev–Trinajstić information content (AvgIpc) is 2.97. The van der Waals surface area contributed by atoms with Gasteiger partial charge in [-0.25, -0.2) is 4.98 Å². The van der Waals surface area contributed by atoms with Gasteiger partial charge in [0.2, 0.25) is 0 Å². The number of fused-ring (bicyclic) bond motifs is 1. The number of nitrogen functional groups attached to an aromatic ring is 1. The second kappa shape index (κ2) is 6.07. The highest BCUT2D eigenvalue weighted by atomic mass is 16.6. The number of H-pyrrole nitrogens is 1. The molecule has 8 nitrogen and oxygen atoms in total. The Kier molecular flexibility index (Phi) is 3.95. The van der Waals surface area contributed by atoms with Crippen LogP contribution in [0.3, 0.4) is 0 Å². The van der Waals surface area contributed by atoms with E-state index in [1.54, 1.807) is 24.3 Å². The van der Waals surface area contributed by atoms with Crippen LogP contribution in [0.25, 0.3) is 22.4 Å². The molecule has 8 heteroatoms. The summed E-state index contributed by atoms with van der Waals surface area (Å²) in [6.45, 7) is 2.23. The molecule has 0 atom stereocenters. The highest BCUT2D eigenvalue weighted by molar-refractivity contribution is 5.84. The lowest BCUT2D eigenvalue weighted by Gasteiger charge is -2.10. The number of hydrogen-bond donors (Lipinski definition) is 2. The van der Waals surface area contributed by atoms with Gasteiger partial charge in [0.15, 0.2) is 11.5 Å². The number of benzene rings is 2. The van der Waals surface area contributed by atoms with Crippen LogP contribution in [-0.2, 0) is 0 Å². The molecular weight excluding hydrogens is 312 g/mol. The SMILES string of the molecule is CCOc1cc(-c2nc3ccc(N)cc3[nH]2)c([N+](=O)[O-])cc1OC. The van der Waals surface area contributed by atoms with E-state index in [0.29, 0.717) is 46.2 Å². The molecular formula is C16H16N4O4. The number of rotatable bonds is 5. The number of nitrogens with two attached hydrogens (primary N) is 1. The van der Waals surface area contributed by atoms with Crippen LogP contribution in [0.1, 0.15) is 6.92 Å². The number of anilines is 1. The number of nitro groups is 1. The number of nitrogens with one attached hydrogen (secondary N) is 1. The molecule has 1 aromatic heterocycles. The third kappa shape index (κ3) is 2.69. The Hall–Kier alpha value is -3.29. The standard InChI is InChI=1S/C16H16N4O4/c1-3-24-15-7-10(13(20(21)22)8-14(15)23-2)16-18-11-5-4-9(17)6-12(11)19-16/h4-8H,3,17H2,1-2H3,(H,18,19). The molecule has 3 rings (SSSR count). The summed E-state index contributed by atoms with van der Waals surface area (Å²) in [6.07, 6.45) is 0. The molecule has 0 aliphatic rings. The zero-order chi connectivity index (χ0) is 17.3. The zero-order valence-electron chi connectivity index (χ0n) is 13.2. The van der Waals surface area contributed by atoms with E-state index in [1.807, 2.05) is 6.92 Å². The number of nitrogens with zero attached hydrogens (tertiary/aromatic N) is 2. The highest BCUT2D eigenvalue weighted by Gasteiger charge is 2.23. The third-order valence-electron chi connectivity index (χ3n) is 3.54. The fraction of sp³-hybridized carbons (Fsp3) is 0.188. The van der Waals surface area contributed by atoms with Gasteiger partial charge in [-0.1, -0.05) is 0 Å². The summed E-state index contributed by atoms with van der Waals surface area (Å²) in [4.78, 5) is 18.4. The number of imidazole rings is 1. The van der Waals surface area contributed by atoms with Gasteiger partial charge in [0.05, 0.1) is 41.3 Å². The van der Waals surface area contributed by atoms with Gasteiger partial charge in [-0.2, -0.15) is 0 Å². The summed E-state index contributed by atoms with van der Waals surface area (Å²) < 4.78 is 10.7. The number of hydrogen-bond acceptors (Lipinski definition) is 6. The van der Waals surface area contributed by atoms with Crippen molar-refractivity contribution in [3.05, 3.63) is 40.4 Å². The fourth-order valence-corrected chi connectivity index (χ4v) is 2.47. The smallest absolute Gasteiger partial charge is 0.284 e. The maximum absolute atomic E-state index is 11.4. The van der Waals surface area contributed by atoms with Crippen molar-refractivity contribution in [3.63, 3.8) is 0 Å². The Balaban J connectivity index is 2.22. The maximum atomic E-state index is 11.4. The summed E-state index contributed by atoms with van der Waals surface area (Å²) in [7, 11) is 1.44. The first-order chi connectivity index (χ1) is 11.5. The monoisotopic (exact) mass is 328 g/mol. The normalized spacial score (nSPS) is 10.8. The molecule has 0 fully saturated rings. The van der Waals surface area contributed by atoms with E-state index in [2.05, 4.69) is 9.97 Å². The van der Waals surface area contributed by atoms with Crippen LogP contribution in [0.5, 0.6) is 11.5 Å². The first-order valence-corrected chi connectivity index (χ1v) is 7.28. The van der Waals surface area contributed by atoms with Crippen molar-refractivity contribution in [1.29, 1.82) is 0 Å². The quantitative estimate of drug-likeness (QED) is 0.422. The molecule has 0 bridgehead atoms. The summed E-state index contributed by atoms with van der Waals surface area (Å²) in [6, 6.07) is 8.10. The number of methoxy groups -OCH3 is 1. The molecule has 0 spiro atoms. The average molecular weight is 328 g/mol. The van der Waals surface area contributed by atoms with Gasteiger partial charge in [0.25, 0.3) is 5.69 Å². The lowest BCUT2D eigenvalue weighted by Crippen LogP contribution is -1.99. The molecule has 3 N–H and O–H groups in total. The molecule has 2 aromatic carbocycles. The van der Waals surface area contributed by atoms with Gasteiger partial charge < -0.3 is 20.2 Å². The van der Waals surface area contributed by atoms with Crippen LogP contribution in [0.15, 0.2) is 30.3 Å². The van der Waals surface area contributed by atoms with E-state index in [4.69, 9.17) is 15.2 Å². The second-order valence-corrected chi connectivity index (χ2v) is 5.07. The number of nitro benzene ring substituents is 1. The van der Waals surface area contributed by atoms with Gasteiger partial charge in [0, 0.05) is 11.8 Å². The van der Waals surface area contributed by atoms with Crippen LogP contribution in [0.4, 0.5) is 11.4 Å². The Bertz CT molecular complexity index is 920. The fourth-order valence-electron chi connectivity index (χ4n) is 2.47. The molecule has 24 heavy (non-hydrogen) atoms. The minimum atomic E-state index is -0.477. The largest absolute Gasteiger partial charge is 0.493 e. The van der Waals surface area contributed by atoms with Crippen LogP contribution >= 0.6 is 0 Å². The highest BCUT2D eigenvalue weighted by Crippen LogP contribution is 2.39. The Labute approximate surface area is 137 Å². The summed E-state index contributed by atoms with van der Waals surface area (Å²) in [5.74, 6) is 1.08. The predicted molar refractivity (Wildman–Crippen MR) is 90.3 cm³/mol. The van der Waals surface area contributed by atoms with Gasteiger partial charge >= 0.3 is 0 Å². The minimum Gasteiger partial charge on any atom is -0.493 e. The van der Waals surface area contributed by atoms with E-state index in [0.717, 1.165) is 0 Å². The molecule has 124 valence electrons. The van der Waals surface area contributed by atoms with Crippen molar-refractivity contribution >= 4 is 22.4 Å². The maximum Gasteiger partial charge on any atom is 0.284 e. The van der Waals surface area contributed by atoms with Crippen LogP contribution in [0, 0.1) is 10.1 Å². The molecule has 0 saturated heterocycles. The Morgan fingerprint density at radius 3 is 2.75 bits per heavy atom. The molecule has 0 amide bonds. The minimum absolute atomic E-state index is 0.123. The summed E-state index contributed by atoms with van der Waals surface area (Å²) >= 11 is 0. The van der Waals surface area contributed by atoms with Crippen molar-refractivity contribution in [1.82, 2.24) is 9.97 Å². The first-order valence-electron chi connectivity index (χ1n) is 7.28. The summed E-state index contributed by atoms with van der Waals surface area (Å²) in [5.41, 5.74) is 7.91. The molecule has 0 unspecified atom stereocenters.